The Morgan fingerprint density at radius 3 is 2.56 bits per heavy atom. The predicted molar refractivity (Wildman–Crippen MR) is 62.0 cm³/mol. The molecule has 0 unspecified atom stereocenters. The van der Waals surface area contributed by atoms with Crippen molar-refractivity contribution in [3.63, 3.8) is 0 Å². The van der Waals surface area contributed by atoms with Crippen LogP contribution >= 0.6 is 0 Å². The van der Waals surface area contributed by atoms with Crippen LogP contribution in [0.25, 0.3) is 0 Å². The Hall–Kier alpha value is -0.610. The van der Waals surface area contributed by atoms with E-state index < -0.39 is 0 Å². The Balaban J connectivity index is 1.78. The third kappa shape index (κ3) is 2.55. The molecule has 2 fully saturated rings. The van der Waals surface area contributed by atoms with E-state index in [9.17, 15) is 4.79 Å². The van der Waals surface area contributed by atoms with E-state index in [0.717, 1.165) is 25.7 Å². The van der Waals surface area contributed by atoms with Gasteiger partial charge in [0.1, 0.15) is 6.61 Å². The number of carbonyl (C=O) groups is 1. The minimum atomic E-state index is -0.208. The maximum Gasteiger partial charge on any atom is 0.248 e. The van der Waals surface area contributed by atoms with Crippen LogP contribution in [0.1, 0.15) is 38.5 Å². The van der Waals surface area contributed by atoms with Gasteiger partial charge in [-0.1, -0.05) is 12.8 Å². The highest BCUT2D eigenvalue weighted by Gasteiger charge is 2.35. The van der Waals surface area contributed by atoms with Gasteiger partial charge in [0.15, 0.2) is 0 Å². The van der Waals surface area contributed by atoms with E-state index in [1.165, 1.54) is 12.8 Å². The van der Waals surface area contributed by atoms with Crippen molar-refractivity contribution >= 4 is 5.91 Å². The minimum Gasteiger partial charge on any atom is -0.364 e. The van der Waals surface area contributed by atoms with E-state index in [0.29, 0.717) is 12.6 Å². The molecule has 4 nitrogen and oxygen atoms in total. The molecular formula is C12H22N2O2. The van der Waals surface area contributed by atoms with Gasteiger partial charge >= 0.3 is 0 Å². The Kier molecular flexibility index (Phi) is 3.50. The van der Waals surface area contributed by atoms with Crippen molar-refractivity contribution in [3.8, 4) is 0 Å². The quantitative estimate of drug-likeness (QED) is 0.757. The van der Waals surface area contributed by atoms with Crippen LogP contribution in [0.3, 0.4) is 0 Å². The highest BCUT2D eigenvalue weighted by atomic mass is 16.5. The van der Waals surface area contributed by atoms with Gasteiger partial charge in [0.25, 0.3) is 0 Å². The minimum absolute atomic E-state index is 0.0993. The average molecular weight is 226 g/mol. The summed E-state index contributed by atoms with van der Waals surface area (Å²) in [6.07, 6.45) is 6.64. The largest absolute Gasteiger partial charge is 0.364 e. The lowest BCUT2D eigenvalue weighted by molar-refractivity contribution is -0.142. The van der Waals surface area contributed by atoms with Crippen LogP contribution < -0.4 is 5.73 Å². The zero-order chi connectivity index (χ0) is 11.6. The predicted octanol–water partition coefficient (Wildman–Crippen LogP) is 0.895. The van der Waals surface area contributed by atoms with E-state index >= 15 is 0 Å². The molecule has 0 aromatic carbocycles. The molecule has 2 aliphatic carbocycles. The number of carbonyl (C=O) groups excluding carboxylic acids is 1. The lowest BCUT2D eigenvalue weighted by atomic mass is 10.0. The topological polar surface area (TPSA) is 55.6 Å². The first-order chi connectivity index (χ1) is 7.67. The summed E-state index contributed by atoms with van der Waals surface area (Å²) in [6.45, 7) is 0.734. The van der Waals surface area contributed by atoms with E-state index in [1.807, 2.05) is 11.9 Å². The molecule has 0 saturated heterocycles. The number of hydrogen-bond donors (Lipinski definition) is 1. The summed E-state index contributed by atoms with van der Waals surface area (Å²) in [5.41, 5.74) is 5.55. The van der Waals surface area contributed by atoms with Gasteiger partial charge in [-0.2, -0.15) is 0 Å². The Morgan fingerprint density at radius 1 is 1.44 bits per heavy atom. The standard InChI is InChI=1S/C12H22N2O2/c1-14(10-4-5-10)11(15)8-16-12(9-13)6-2-3-7-12/h10H,2-9,13H2,1H3. The Morgan fingerprint density at radius 2 is 2.06 bits per heavy atom. The van der Waals surface area contributed by atoms with Crippen molar-refractivity contribution in [2.75, 3.05) is 20.2 Å². The normalized spacial score (nSPS) is 23.4. The van der Waals surface area contributed by atoms with E-state index in [-0.39, 0.29) is 18.1 Å². The Bertz CT molecular complexity index is 258. The van der Waals surface area contributed by atoms with Crippen molar-refractivity contribution < 1.29 is 9.53 Å². The van der Waals surface area contributed by atoms with Gasteiger partial charge in [-0.05, 0) is 25.7 Å². The molecule has 2 saturated carbocycles. The second kappa shape index (κ2) is 4.72. The second-order valence-electron chi connectivity index (χ2n) is 5.12. The summed E-state index contributed by atoms with van der Waals surface area (Å²) >= 11 is 0. The van der Waals surface area contributed by atoms with Crippen LogP contribution in [0.15, 0.2) is 0 Å². The van der Waals surface area contributed by atoms with Crippen LogP contribution in [0.4, 0.5) is 0 Å². The van der Waals surface area contributed by atoms with Gasteiger partial charge in [0.2, 0.25) is 5.91 Å². The highest BCUT2D eigenvalue weighted by Crippen LogP contribution is 2.32. The number of hydrogen-bond acceptors (Lipinski definition) is 3. The zero-order valence-electron chi connectivity index (χ0n) is 10.1. The number of likely N-dealkylation sites (N-methyl/N-ethyl adjacent to an activating group) is 1. The number of ether oxygens (including phenoxy) is 1. The molecule has 0 aliphatic heterocycles. The van der Waals surface area contributed by atoms with Gasteiger partial charge in [-0.15, -0.1) is 0 Å². The van der Waals surface area contributed by atoms with E-state index in [1.54, 1.807) is 0 Å². The van der Waals surface area contributed by atoms with Crippen LogP contribution in [-0.4, -0.2) is 42.6 Å². The summed E-state index contributed by atoms with van der Waals surface area (Å²) < 4.78 is 5.78. The van der Waals surface area contributed by atoms with Crippen molar-refractivity contribution in [1.29, 1.82) is 0 Å². The SMILES string of the molecule is CN(C(=O)COC1(CN)CCCC1)C1CC1. The Labute approximate surface area is 97.1 Å². The average Bonchev–Trinajstić information content (AvgIpc) is 3.05. The summed E-state index contributed by atoms with van der Waals surface area (Å²) in [5, 5.41) is 0. The molecule has 2 rings (SSSR count). The van der Waals surface area contributed by atoms with Crippen molar-refractivity contribution in [1.82, 2.24) is 4.90 Å². The lowest BCUT2D eigenvalue weighted by Crippen LogP contribution is -2.42. The van der Waals surface area contributed by atoms with Crippen molar-refractivity contribution in [2.45, 2.75) is 50.2 Å². The number of nitrogens with two attached hydrogens (primary N) is 1. The van der Waals surface area contributed by atoms with Crippen LogP contribution in [0.2, 0.25) is 0 Å². The first-order valence-electron chi connectivity index (χ1n) is 6.26. The molecule has 0 heterocycles. The number of nitrogens with zero attached hydrogens (tertiary/aromatic N) is 1. The third-order valence-corrected chi connectivity index (χ3v) is 3.88. The zero-order valence-corrected chi connectivity index (χ0v) is 10.1. The molecular weight excluding hydrogens is 204 g/mol. The first-order valence-corrected chi connectivity index (χ1v) is 6.26. The molecule has 0 atom stereocenters. The summed E-state index contributed by atoms with van der Waals surface area (Å²) in [7, 11) is 1.87. The second-order valence-corrected chi connectivity index (χ2v) is 5.12. The molecule has 0 aromatic rings. The fourth-order valence-electron chi connectivity index (χ4n) is 2.41. The fourth-order valence-corrected chi connectivity index (χ4v) is 2.41. The molecule has 4 heteroatoms. The number of rotatable bonds is 5. The monoisotopic (exact) mass is 226 g/mol. The van der Waals surface area contributed by atoms with Gasteiger partial charge in [-0.3, -0.25) is 4.79 Å². The molecule has 1 amide bonds. The fraction of sp³-hybridized carbons (Fsp3) is 0.917. The maximum atomic E-state index is 11.8. The highest BCUT2D eigenvalue weighted by molar-refractivity contribution is 5.77. The molecule has 0 aromatic heterocycles. The molecule has 92 valence electrons. The van der Waals surface area contributed by atoms with E-state index in [2.05, 4.69) is 0 Å². The molecule has 2 aliphatic rings. The summed E-state index contributed by atoms with van der Waals surface area (Å²) in [4.78, 5) is 13.6. The third-order valence-electron chi connectivity index (χ3n) is 3.88. The van der Waals surface area contributed by atoms with Crippen LogP contribution in [0.5, 0.6) is 0 Å². The van der Waals surface area contributed by atoms with Gasteiger partial charge in [0, 0.05) is 19.6 Å². The van der Waals surface area contributed by atoms with Gasteiger partial charge < -0.3 is 15.4 Å². The molecule has 0 bridgehead atoms. The summed E-state index contributed by atoms with van der Waals surface area (Å²) in [5.74, 6) is 0.0993. The smallest absolute Gasteiger partial charge is 0.248 e. The molecule has 2 N–H and O–H groups in total. The maximum absolute atomic E-state index is 11.8. The van der Waals surface area contributed by atoms with Gasteiger partial charge in [0.05, 0.1) is 5.60 Å². The molecule has 16 heavy (non-hydrogen) atoms. The first kappa shape index (κ1) is 11.9. The van der Waals surface area contributed by atoms with Crippen molar-refractivity contribution in [2.24, 2.45) is 5.73 Å². The summed E-state index contributed by atoms with van der Waals surface area (Å²) in [6, 6.07) is 0.466. The van der Waals surface area contributed by atoms with Crippen LogP contribution in [-0.2, 0) is 9.53 Å². The molecule has 0 spiro atoms. The number of amides is 1. The van der Waals surface area contributed by atoms with Crippen molar-refractivity contribution in [3.05, 3.63) is 0 Å². The van der Waals surface area contributed by atoms with Gasteiger partial charge in [-0.25, -0.2) is 0 Å². The molecule has 0 radical (unpaired) electrons. The van der Waals surface area contributed by atoms with E-state index in [4.69, 9.17) is 10.5 Å². The van der Waals surface area contributed by atoms with Crippen LogP contribution in [0, 0.1) is 0 Å². The lowest BCUT2D eigenvalue weighted by Gasteiger charge is -2.28.